The van der Waals surface area contributed by atoms with E-state index in [2.05, 4.69) is 28.8 Å². The average molecular weight is 214 g/mol. The van der Waals surface area contributed by atoms with Gasteiger partial charge in [-0.15, -0.1) is 0 Å². The van der Waals surface area contributed by atoms with Crippen molar-refractivity contribution in [1.82, 2.24) is 14.9 Å². The van der Waals surface area contributed by atoms with E-state index in [9.17, 15) is 0 Å². The standard InChI is InChI=1S/C10H16ClN3/c1-4-5-14(3)7-10-12-8(2)6-9(11)13-10/h6H,4-5,7H2,1-3H3. The minimum Gasteiger partial charge on any atom is -0.299 e. The summed E-state index contributed by atoms with van der Waals surface area (Å²) in [7, 11) is 2.06. The van der Waals surface area contributed by atoms with Gasteiger partial charge in [0.2, 0.25) is 0 Å². The van der Waals surface area contributed by atoms with Gasteiger partial charge in [0.1, 0.15) is 11.0 Å². The molecule has 0 N–H and O–H groups in total. The Labute approximate surface area is 90.1 Å². The summed E-state index contributed by atoms with van der Waals surface area (Å²) in [6.45, 7) is 5.89. The predicted molar refractivity (Wildman–Crippen MR) is 58.4 cm³/mol. The van der Waals surface area contributed by atoms with Gasteiger partial charge in [0, 0.05) is 5.69 Å². The number of hydrogen-bond acceptors (Lipinski definition) is 3. The molecule has 0 atom stereocenters. The summed E-state index contributed by atoms with van der Waals surface area (Å²) in [6, 6.07) is 1.77. The SMILES string of the molecule is CCCN(C)Cc1nc(C)cc(Cl)n1. The van der Waals surface area contributed by atoms with E-state index < -0.39 is 0 Å². The zero-order chi connectivity index (χ0) is 10.6. The fourth-order valence-corrected chi connectivity index (χ4v) is 1.62. The van der Waals surface area contributed by atoms with Crippen LogP contribution in [0.4, 0.5) is 0 Å². The number of aromatic nitrogens is 2. The Morgan fingerprint density at radius 2 is 2.14 bits per heavy atom. The summed E-state index contributed by atoms with van der Waals surface area (Å²) in [5.41, 5.74) is 0.921. The molecule has 14 heavy (non-hydrogen) atoms. The second-order valence-corrected chi connectivity index (χ2v) is 3.87. The number of aryl methyl sites for hydroxylation is 1. The van der Waals surface area contributed by atoms with Crippen LogP contribution in [0.3, 0.4) is 0 Å². The molecule has 78 valence electrons. The maximum atomic E-state index is 5.84. The van der Waals surface area contributed by atoms with Gasteiger partial charge < -0.3 is 0 Å². The van der Waals surface area contributed by atoms with Crippen LogP contribution in [0.5, 0.6) is 0 Å². The van der Waals surface area contributed by atoms with E-state index in [0.29, 0.717) is 5.15 Å². The molecule has 0 radical (unpaired) electrons. The molecule has 4 heteroatoms. The van der Waals surface area contributed by atoms with Crippen molar-refractivity contribution in [3.8, 4) is 0 Å². The van der Waals surface area contributed by atoms with E-state index in [-0.39, 0.29) is 0 Å². The molecule has 0 aliphatic carbocycles. The van der Waals surface area contributed by atoms with Crippen molar-refractivity contribution in [1.29, 1.82) is 0 Å². The second kappa shape index (κ2) is 5.27. The molecule has 1 aromatic rings. The molecule has 0 fully saturated rings. The van der Waals surface area contributed by atoms with Gasteiger partial charge in [-0.25, -0.2) is 9.97 Å². The molecule has 0 saturated carbocycles. The molecule has 3 nitrogen and oxygen atoms in total. The number of nitrogens with zero attached hydrogens (tertiary/aromatic N) is 3. The normalized spacial score (nSPS) is 10.9. The van der Waals surface area contributed by atoms with Gasteiger partial charge >= 0.3 is 0 Å². The maximum absolute atomic E-state index is 5.84. The van der Waals surface area contributed by atoms with E-state index >= 15 is 0 Å². The van der Waals surface area contributed by atoms with Crippen LogP contribution >= 0.6 is 11.6 Å². The first-order chi connectivity index (χ1) is 6.61. The van der Waals surface area contributed by atoms with Crippen molar-refractivity contribution in [3.63, 3.8) is 0 Å². The van der Waals surface area contributed by atoms with Crippen molar-refractivity contribution < 1.29 is 0 Å². The minimum atomic E-state index is 0.525. The fourth-order valence-electron chi connectivity index (χ4n) is 1.36. The monoisotopic (exact) mass is 213 g/mol. The number of halogens is 1. The van der Waals surface area contributed by atoms with E-state index in [4.69, 9.17) is 11.6 Å². The fraction of sp³-hybridized carbons (Fsp3) is 0.600. The van der Waals surface area contributed by atoms with Gasteiger partial charge in [-0.05, 0) is 33.0 Å². The second-order valence-electron chi connectivity index (χ2n) is 3.49. The smallest absolute Gasteiger partial charge is 0.144 e. The van der Waals surface area contributed by atoms with E-state index in [1.165, 1.54) is 0 Å². The molecule has 0 amide bonds. The summed E-state index contributed by atoms with van der Waals surface area (Å²) in [5, 5.41) is 0.525. The first-order valence-corrected chi connectivity index (χ1v) is 5.18. The Balaban J connectivity index is 2.66. The lowest BCUT2D eigenvalue weighted by atomic mass is 10.4. The lowest BCUT2D eigenvalue weighted by Crippen LogP contribution is -2.20. The van der Waals surface area contributed by atoms with E-state index in [1.54, 1.807) is 6.07 Å². The lowest BCUT2D eigenvalue weighted by Gasteiger charge is -2.14. The highest BCUT2D eigenvalue weighted by Crippen LogP contribution is 2.07. The first-order valence-electron chi connectivity index (χ1n) is 4.80. The topological polar surface area (TPSA) is 29.0 Å². The minimum absolute atomic E-state index is 0.525. The first kappa shape index (κ1) is 11.4. The molecular formula is C10H16ClN3. The molecule has 0 saturated heterocycles. The molecule has 1 rings (SSSR count). The van der Waals surface area contributed by atoms with Crippen LogP contribution in [-0.4, -0.2) is 28.5 Å². The van der Waals surface area contributed by atoms with Crippen molar-refractivity contribution in [2.75, 3.05) is 13.6 Å². The third kappa shape index (κ3) is 3.60. The van der Waals surface area contributed by atoms with Gasteiger partial charge in [-0.1, -0.05) is 18.5 Å². The van der Waals surface area contributed by atoms with Crippen LogP contribution in [0.15, 0.2) is 6.07 Å². The van der Waals surface area contributed by atoms with Crippen LogP contribution in [0.25, 0.3) is 0 Å². The molecule has 0 bridgehead atoms. The number of rotatable bonds is 4. The van der Waals surface area contributed by atoms with E-state index in [0.717, 1.165) is 31.0 Å². The average Bonchev–Trinajstić information content (AvgIpc) is 2.01. The summed E-state index contributed by atoms with van der Waals surface area (Å²) in [5.74, 6) is 0.797. The predicted octanol–water partition coefficient (Wildman–Crippen LogP) is 2.28. The van der Waals surface area contributed by atoms with Crippen LogP contribution < -0.4 is 0 Å². The Hall–Kier alpha value is -0.670. The van der Waals surface area contributed by atoms with Crippen molar-refractivity contribution in [2.45, 2.75) is 26.8 Å². The molecule has 0 aliphatic heterocycles. The van der Waals surface area contributed by atoms with Crippen molar-refractivity contribution >= 4 is 11.6 Å². The van der Waals surface area contributed by atoms with Gasteiger partial charge in [0.15, 0.2) is 0 Å². The number of hydrogen-bond donors (Lipinski definition) is 0. The quantitative estimate of drug-likeness (QED) is 0.719. The lowest BCUT2D eigenvalue weighted by molar-refractivity contribution is 0.319. The highest BCUT2D eigenvalue weighted by atomic mass is 35.5. The van der Waals surface area contributed by atoms with Gasteiger partial charge in [0.25, 0.3) is 0 Å². The zero-order valence-corrected chi connectivity index (χ0v) is 9.67. The van der Waals surface area contributed by atoms with Gasteiger partial charge in [0.05, 0.1) is 6.54 Å². The summed E-state index contributed by atoms with van der Waals surface area (Å²) in [6.07, 6.45) is 1.13. The van der Waals surface area contributed by atoms with Crippen molar-refractivity contribution in [3.05, 3.63) is 22.7 Å². The third-order valence-corrected chi connectivity index (χ3v) is 2.08. The highest BCUT2D eigenvalue weighted by molar-refractivity contribution is 6.29. The molecule has 0 aromatic carbocycles. The third-order valence-electron chi connectivity index (χ3n) is 1.89. The van der Waals surface area contributed by atoms with E-state index in [1.807, 2.05) is 6.92 Å². The largest absolute Gasteiger partial charge is 0.299 e. The van der Waals surface area contributed by atoms with Gasteiger partial charge in [-0.2, -0.15) is 0 Å². The summed E-state index contributed by atoms with van der Waals surface area (Å²) < 4.78 is 0. The Kier molecular flexibility index (Phi) is 4.29. The Bertz CT molecular complexity index is 281. The van der Waals surface area contributed by atoms with Crippen LogP contribution in [0, 0.1) is 6.92 Å². The Morgan fingerprint density at radius 1 is 1.43 bits per heavy atom. The summed E-state index contributed by atoms with van der Waals surface area (Å²) >= 11 is 5.84. The summed E-state index contributed by atoms with van der Waals surface area (Å²) in [4.78, 5) is 10.7. The Morgan fingerprint density at radius 3 is 2.71 bits per heavy atom. The molecule has 1 heterocycles. The molecular weight excluding hydrogens is 198 g/mol. The molecule has 0 aliphatic rings. The zero-order valence-electron chi connectivity index (χ0n) is 8.92. The maximum Gasteiger partial charge on any atom is 0.144 e. The van der Waals surface area contributed by atoms with Crippen LogP contribution in [0.1, 0.15) is 24.9 Å². The molecule has 0 spiro atoms. The van der Waals surface area contributed by atoms with Crippen LogP contribution in [0.2, 0.25) is 5.15 Å². The van der Waals surface area contributed by atoms with Crippen molar-refractivity contribution in [2.24, 2.45) is 0 Å². The van der Waals surface area contributed by atoms with Crippen LogP contribution in [-0.2, 0) is 6.54 Å². The molecule has 0 unspecified atom stereocenters. The molecule has 1 aromatic heterocycles. The highest BCUT2D eigenvalue weighted by Gasteiger charge is 2.03. The van der Waals surface area contributed by atoms with Gasteiger partial charge in [-0.3, -0.25) is 4.90 Å².